The molecular formula is C30H36ClN3O8S. The van der Waals surface area contributed by atoms with Crippen molar-refractivity contribution in [2.45, 2.75) is 30.8 Å². The van der Waals surface area contributed by atoms with Crippen molar-refractivity contribution in [2.75, 3.05) is 46.3 Å². The monoisotopic (exact) mass is 633 g/mol. The number of benzene rings is 3. The van der Waals surface area contributed by atoms with E-state index in [1.54, 1.807) is 44.4 Å². The Bertz CT molecular complexity index is 1530. The number of hydrogen-bond acceptors (Lipinski definition) is 8. The highest BCUT2D eigenvalue weighted by Gasteiger charge is 2.35. The van der Waals surface area contributed by atoms with E-state index in [-0.39, 0.29) is 46.0 Å². The van der Waals surface area contributed by atoms with E-state index in [4.69, 9.17) is 30.5 Å². The van der Waals surface area contributed by atoms with Crippen LogP contribution >= 0.6 is 11.6 Å². The molecule has 0 radical (unpaired) electrons. The lowest BCUT2D eigenvalue weighted by Gasteiger charge is -2.33. The quantitative estimate of drug-likeness (QED) is 0.281. The number of carbonyl (C=O) groups excluding carboxylic acids is 2. The molecule has 0 aliphatic carbocycles. The van der Waals surface area contributed by atoms with Crippen LogP contribution in [0.3, 0.4) is 0 Å². The van der Waals surface area contributed by atoms with Gasteiger partial charge in [0.2, 0.25) is 11.8 Å². The van der Waals surface area contributed by atoms with Gasteiger partial charge in [0.15, 0.2) is 11.5 Å². The Kier molecular flexibility index (Phi) is 11.5. The van der Waals surface area contributed by atoms with Crippen LogP contribution in [0.2, 0.25) is 5.02 Å². The second-order valence-corrected chi connectivity index (χ2v) is 11.6. The second-order valence-electron chi connectivity index (χ2n) is 9.25. The van der Waals surface area contributed by atoms with Crippen molar-refractivity contribution in [3.63, 3.8) is 0 Å². The second kappa shape index (κ2) is 14.8. The fourth-order valence-electron chi connectivity index (χ4n) is 4.49. The van der Waals surface area contributed by atoms with Gasteiger partial charge in [-0.25, -0.2) is 8.42 Å². The van der Waals surface area contributed by atoms with Crippen LogP contribution in [-0.2, 0) is 26.2 Å². The van der Waals surface area contributed by atoms with Crippen LogP contribution in [0.5, 0.6) is 23.0 Å². The van der Waals surface area contributed by atoms with Gasteiger partial charge in [-0.15, -0.1) is 0 Å². The minimum Gasteiger partial charge on any atom is -0.497 e. The Balaban J connectivity index is 2.16. The summed E-state index contributed by atoms with van der Waals surface area (Å²) in [6.07, 6.45) is 0.282. The third kappa shape index (κ3) is 7.63. The first-order valence-electron chi connectivity index (χ1n) is 13.3. The average molecular weight is 634 g/mol. The lowest BCUT2D eigenvalue weighted by Crippen LogP contribution is -2.51. The number of carbonyl (C=O) groups is 2. The number of ether oxygens (including phenoxy) is 4. The number of methoxy groups -OCH3 is 4. The van der Waals surface area contributed by atoms with Crippen molar-refractivity contribution in [3.8, 4) is 23.0 Å². The largest absolute Gasteiger partial charge is 0.497 e. The molecule has 0 unspecified atom stereocenters. The highest BCUT2D eigenvalue weighted by atomic mass is 35.5. The number of nitrogens with zero attached hydrogens (tertiary/aromatic N) is 2. The highest BCUT2D eigenvalue weighted by Crippen LogP contribution is 2.37. The summed E-state index contributed by atoms with van der Waals surface area (Å²) < 4.78 is 50.7. The number of nitrogens with one attached hydrogen (secondary N) is 1. The van der Waals surface area contributed by atoms with E-state index >= 15 is 0 Å². The Labute approximate surface area is 257 Å². The van der Waals surface area contributed by atoms with E-state index in [1.165, 1.54) is 63.6 Å². The maximum absolute atomic E-state index is 14.3. The Morgan fingerprint density at radius 3 is 2.05 bits per heavy atom. The molecule has 0 bridgehead atoms. The van der Waals surface area contributed by atoms with Gasteiger partial charge in [0, 0.05) is 24.7 Å². The van der Waals surface area contributed by atoms with E-state index in [0.717, 1.165) is 4.31 Å². The molecule has 2 amide bonds. The molecule has 3 rings (SSSR count). The van der Waals surface area contributed by atoms with Crippen molar-refractivity contribution in [3.05, 3.63) is 71.2 Å². The molecule has 0 aliphatic rings. The first kappa shape index (κ1) is 33.3. The Morgan fingerprint density at radius 1 is 0.860 bits per heavy atom. The lowest BCUT2D eigenvalue weighted by molar-refractivity contribution is -0.140. The summed E-state index contributed by atoms with van der Waals surface area (Å²) in [4.78, 5) is 28.3. The highest BCUT2D eigenvalue weighted by molar-refractivity contribution is 7.92. The fraction of sp³-hybridized carbons (Fsp3) is 0.333. The van der Waals surface area contributed by atoms with Crippen molar-refractivity contribution in [2.24, 2.45) is 0 Å². The molecule has 0 aliphatic heterocycles. The SMILES string of the molecule is CC[C@@H](C(=O)NC)N(Cc1ccc(OC)cc1)C(=O)CN(c1cc(Cl)ccc1OC)S(=O)(=O)c1ccc(OC)c(OC)c1. The third-order valence-corrected chi connectivity index (χ3v) is 8.77. The number of anilines is 1. The van der Waals surface area contributed by atoms with Gasteiger partial charge in [0.1, 0.15) is 24.1 Å². The predicted molar refractivity (Wildman–Crippen MR) is 164 cm³/mol. The Morgan fingerprint density at radius 2 is 1.49 bits per heavy atom. The van der Waals surface area contributed by atoms with E-state index in [0.29, 0.717) is 17.1 Å². The van der Waals surface area contributed by atoms with Gasteiger partial charge in [-0.3, -0.25) is 13.9 Å². The zero-order chi connectivity index (χ0) is 31.7. The van der Waals surface area contributed by atoms with Gasteiger partial charge < -0.3 is 29.2 Å². The maximum Gasteiger partial charge on any atom is 0.265 e. The summed E-state index contributed by atoms with van der Waals surface area (Å²) in [6, 6.07) is 14.7. The maximum atomic E-state index is 14.3. The van der Waals surface area contributed by atoms with Gasteiger partial charge in [-0.05, 0) is 54.4 Å². The van der Waals surface area contributed by atoms with Crippen LogP contribution in [-0.4, -0.2) is 73.2 Å². The standard InChI is InChI=1S/C30H36ClN3O8S/c1-7-24(30(36)32-2)33(18-20-8-11-22(39-3)12-9-20)29(35)19-34(25-16-21(31)10-14-26(25)40-4)43(37,38)23-13-15-27(41-5)28(17-23)42-6/h8-17,24H,7,18-19H2,1-6H3,(H,32,36)/t24-/m0/s1. The summed E-state index contributed by atoms with van der Waals surface area (Å²) in [5.74, 6) is 0.281. The number of likely N-dealkylation sites (N-methyl/N-ethyl adjacent to an activating group) is 1. The molecule has 3 aromatic rings. The molecule has 13 heteroatoms. The van der Waals surface area contributed by atoms with Crippen LogP contribution in [0, 0.1) is 0 Å². The average Bonchev–Trinajstić information content (AvgIpc) is 3.02. The zero-order valence-corrected chi connectivity index (χ0v) is 26.5. The van der Waals surface area contributed by atoms with Crippen LogP contribution in [0.25, 0.3) is 0 Å². The molecule has 0 saturated carbocycles. The van der Waals surface area contributed by atoms with Crippen LogP contribution < -0.4 is 28.6 Å². The molecule has 0 spiro atoms. The lowest BCUT2D eigenvalue weighted by atomic mass is 10.1. The van der Waals surface area contributed by atoms with E-state index in [9.17, 15) is 18.0 Å². The van der Waals surface area contributed by atoms with Gasteiger partial charge in [0.25, 0.3) is 10.0 Å². The number of sulfonamides is 1. The smallest absolute Gasteiger partial charge is 0.265 e. The number of rotatable bonds is 14. The van der Waals surface area contributed by atoms with E-state index in [1.807, 2.05) is 0 Å². The van der Waals surface area contributed by atoms with Gasteiger partial charge in [-0.2, -0.15) is 0 Å². The van der Waals surface area contributed by atoms with Crippen molar-refractivity contribution in [1.29, 1.82) is 0 Å². The summed E-state index contributed by atoms with van der Waals surface area (Å²) in [5.41, 5.74) is 0.752. The molecule has 232 valence electrons. The molecule has 0 heterocycles. The normalized spacial score (nSPS) is 11.7. The van der Waals surface area contributed by atoms with Gasteiger partial charge >= 0.3 is 0 Å². The molecule has 1 N–H and O–H groups in total. The fourth-order valence-corrected chi connectivity index (χ4v) is 6.09. The van der Waals surface area contributed by atoms with Crippen LogP contribution in [0.1, 0.15) is 18.9 Å². The first-order chi connectivity index (χ1) is 20.5. The molecule has 0 saturated heterocycles. The van der Waals surface area contributed by atoms with Crippen LogP contribution in [0.15, 0.2) is 65.6 Å². The molecule has 0 aromatic heterocycles. The molecule has 11 nitrogen and oxygen atoms in total. The Hall–Kier alpha value is -4.16. The minimum atomic E-state index is -4.44. The number of halogens is 1. The topological polar surface area (TPSA) is 124 Å². The van der Waals surface area contributed by atoms with Gasteiger partial charge in [0.05, 0.1) is 39.0 Å². The summed E-state index contributed by atoms with van der Waals surface area (Å²) >= 11 is 6.29. The predicted octanol–water partition coefficient (Wildman–Crippen LogP) is 4.12. The number of amides is 2. The van der Waals surface area contributed by atoms with Crippen LogP contribution in [0.4, 0.5) is 5.69 Å². The molecule has 3 aromatic carbocycles. The number of hydrogen-bond donors (Lipinski definition) is 1. The van der Waals surface area contributed by atoms with Crippen molar-refractivity contribution < 1.29 is 37.0 Å². The molecule has 43 heavy (non-hydrogen) atoms. The van der Waals surface area contributed by atoms with Crippen molar-refractivity contribution >= 4 is 39.1 Å². The summed E-state index contributed by atoms with van der Waals surface area (Å²) in [5, 5.41) is 2.82. The zero-order valence-electron chi connectivity index (χ0n) is 24.9. The third-order valence-electron chi connectivity index (χ3n) is 6.78. The molecule has 1 atom stereocenters. The summed E-state index contributed by atoms with van der Waals surface area (Å²) in [7, 11) is 2.78. The molecular weight excluding hydrogens is 598 g/mol. The van der Waals surface area contributed by atoms with Gasteiger partial charge in [-0.1, -0.05) is 30.7 Å². The van der Waals surface area contributed by atoms with Crippen molar-refractivity contribution in [1.82, 2.24) is 10.2 Å². The first-order valence-corrected chi connectivity index (χ1v) is 15.1. The minimum absolute atomic E-state index is 0.0334. The van der Waals surface area contributed by atoms with E-state index in [2.05, 4.69) is 5.32 Å². The molecule has 0 fully saturated rings. The van der Waals surface area contributed by atoms with E-state index < -0.39 is 28.5 Å². The summed E-state index contributed by atoms with van der Waals surface area (Å²) in [6.45, 7) is 1.13.